The van der Waals surface area contributed by atoms with Gasteiger partial charge < -0.3 is 0 Å². The van der Waals surface area contributed by atoms with Gasteiger partial charge >= 0.3 is 5.91 Å². The minimum atomic E-state index is -0.0708. The summed E-state index contributed by atoms with van der Waals surface area (Å²) in [6.07, 6.45) is 9.05. The third-order valence-electron chi connectivity index (χ3n) is 2.35. The largest absolute Gasteiger partial charge is 0.305 e. The number of rotatable bonds is 8. The molecule has 4 nitrogen and oxygen atoms in total. The number of nitrogens with zero attached hydrogens (tertiary/aromatic N) is 1. The number of hydrogen-bond acceptors (Lipinski definition) is 3. The van der Waals surface area contributed by atoms with Crippen molar-refractivity contribution in [3.63, 3.8) is 0 Å². The van der Waals surface area contributed by atoms with Gasteiger partial charge in [-0.25, -0.2) is 0 Å². The van der Waals surface area contributed by atoms with Gasteiger partial charge in [0.05, 0.1) is 4.91 Å². The molecule has 0 aliphatic carbocycles. The lowest BCUT2D eigenvalue weighted by atomic mass is 10.1. The molecule has 0 aliphatic heterocycles. The van der Waals surface area contributed by atoms with Crippen LogP contribution in [0.2, 0.25) is 0 Å². The van der Waals surface area contributed by atoms with Crippen LogP contribution in [0.4, 0.5) is 0 Å². The zero-order valence-electron chi connectivity index (χ0n) is 8.83. The molecule has 0 fully saturated rings. The molecule has 0 radical (unpaired) electrons. The maximum atomic E-state index is 11.0. The van der Waals surface area contributed by atoms with Gasteiger partial charge in [0.25, 0.3) is 0 Å². The first kappa shape index (κ1) is 11.1. The van der Waals surface area contributed by atoms with Crippen molar-refractivity contribution in [3.8, 4) is 0 Å². The predicted molar refractivity (Wildman–Crippen MR) is 52.2 cm³/mol. The van der Waals surface area contributed by atoms with Crippen LogP contribution in [0.1, 0.15) is 63.1 Å². The van der Waals surface area contributed by atoms with Crippen molar-refractivity contribution < 1.29 is 14.2 Å². The summed E-state index contributed by atoms with van der Waals surface area (Å²) in [7, 11) is 0. The standard InChI is InChI=1S/C10H19NO3/c1-2-3-4-5-6-7-8-9-10(12)11-13-14-11/h2-9H2,1H3. The Morgan fingerprint density at radius 1 is 1.00 bits per heavy atom. The maximum Gasteiger partial charge on any atom is 0.305 e. The quantitative estimate of drug-likeness (QED) is 0.478. The zero-order valence-corrected chi connectivity index (χ0v) is 8.83. The molecule has 1 aromatic heterocycles. The molecule has 0 amide bonds. The van der Waals surface area contributed by atoms with Crippen LogP contribution >= 0.6 is 0 Å². The molecular formula is C10H19NO3. The molecule has 0 aromatic carbocycles. The van der Waals surface area contributed by atoms with Gasteiger partial charge in [0, 0.05) is 6.42 Å². The van der Waals surface area contributed by atoms with Gasteiger partial charge in [-0.3, -0.25) is 4.79 Å². The highest BCUT2D eigenvalue weighted by Gasteiger charge is 2.13. The second-order valence-electron chi connectivity index (χ2n) is 3.67. The lowest BCUT2D eigenvalue weighted by molar-refractivity contribution is 0.0854. The van der Waals surface area contributed by atoms with E-state index < -0.39 is 0 Å². The number of carbonyl (C=O) groups excluding carboxylic acids is 1. The normalized spacial score (nSPS) is 10.9. The Morgan fingerprint density at radius 3 is 2.14 bits per heavy atom. The van der Waals surface area contributed by atoms with Gasteiger partial charge in [0.2, 0.25) is 0 Å². The second kappa shape index (κ2) is 6.51. The zero-order chi connectivity index (χ0) is 10.2. The van der Waals surface area contributed by atoms with Crippen LogP contribution in [0.5, 0.6) is 0 Å². The first-order chi connectivity index (χ1) is 6.84. The van der Waals surface area contributed by atoms with E-state index in [9.17, 15) is 4.79 Å². The third kappa shape index (κ3) is 4.94. The van der Waals surface area contributed by atoms with Crippen molar-refractivity contribution in [2.75, 3.05) is 0 Å². The molecule has 0 N–H and O–H groups in total. The van der Waals surface area contributed by atoms with Gasteiger partial charge in [-0.05, 0) is 6.42 Å². The maximum absolute atomic E-state index is 11.0. The van der Waals surface area contributed by atoms with E-state index in [1.165, 1.54) is 32.1 Å². The Balaban J connectivity index is 1.80. The van der Waals surface area contributed by atoms with Crippen LogP contribution in [0.25, 0.3) is 0 Å². The number of unbranched alkanes of at least 4 members (excludes halogenated alkanes) is 6. The van der Waals surface area contributed by atoms with E-state index in [2.05, 4.69) is 16.3 Å². The van der Waals surface area contributed by atoms with Gasteiger partial charge in [-0.1, -0.05) is 45.4 Å². The summed E-state index contributed by atoms with van der Waals surface area (Å²) in [5.74, 6) is -0.0708. The van der Waals surface area contributed by atoms with Crippen LogP contribution in [-0.2, 0) is 0 Å². The van der Waals surface area contributed by atoms with Crippen LogP contribution in [0.15, 0.2) is 9.36 Å². The third-order valence-corrected chi connectivity index (χ3v) is 2.35. The molecule has 1 aromatic rings. The molecule has 1 heterocycles. The van der Waals surface area contributed by atoms with Crippen LogP contribution < -0.4 is 0 Å². The highest BCUT2D eigenvalue weighted by Crippen LogP contribution is 2.09. The summed E-state index contributed by atoms with van der Waals surface area (Å²) >= 11 is 0. The van der Waals surface area contributed by atoms with E-state index in [1.54, 1.807) is 0 Å². The summed E-state index contributed by atoms with van der Waals surface area (Å²) in [6, 6.07) is 0. The van der Waals surface area contributed by atoms with Crippen molar-refractivity contribution in [1.82, 2.24) is 4.91 Å². The second-order valence-corrected chi connectivity index (χ2v) is 3.67. The predicted octanol–water partition coefficient (Wildman–Crippen LogP) is 3.46. The Morgan fingerprint density at radius 2 is 1.57 bits per heavy atom. The number of aromatic nitrogens is 1. The Bertz CT molecular complexity index is 226. The fourth-order valence-electron chi connectivity index (χ4n) is 1.42. The average Bonchev–Trinajstić information content (AvgIpc) is 2.99. The highest BCUT2D eigenvalue weighted by molar-refractivity contribution is 5.75. The molecule has 0 aliphatic rings. The van der Waals surface area contributed by atoms with E-state index in [0.717, 1.165) is 17.8 Å². The molecule has 0 unspecified atom stereocenters. The smallest absolute Gasteiger partial charge is 0.267 e. The topological polar surface area (TPSA) is 48.3 Å². The summed E-state index contributed by atoms with van der Waals surface area (Å²) in [4.78, 5) is 11.9. The van der Waals surface area contributed by atoms with Crippen LogP contribution in [-0.4, -0.2) is 10.8 Å². The van der Waals surface area contributed by atoms with Crippen molar-refractivity contribution in [2.24, 2.45) is 0 Å². The van der Waals surface area contributed by atoms with Crippen molar-refractivity contribution in [3.05, 3.63) is 0 Å². The molecule has 0 saturated heterocycles. The van der Waals surface area contributed by atoms with Crippen molar-refractivity contribution in [1.29, 1.82) is 0 Å². The fourth-order valence-corrected chi connectivity index (χ4v) is 1.42. The molecular weight excluding hydrogens is 182 g/mol. The number of hydrogen-bond donors (Lipinski definition) is 0. The average molecular weight is 201 g/mol. The molecule has 1 rings (SSSR count). The van der Waals surface area contributed by atoms with Gasteiger partial charge in [-0.15, -0.1) is 9.36 Å². The van der Waals surface area contributed by atoms with E-state index in [-0.39, 0.29) is 5.91 Å². The van der Waals surface area contributed by atoms with E-state index in [4.69, 9.17) is 0 Å². The minimum absolute atomic E-state index is 0.0708. The summed E-state index contributed by atoms with van der Waals surface area (Å²) < 4.78 is 8.53. The molecule has 0 atom stereocenters. The Hall–Kier alpha value is -0.930. The molecule has 0 spiro atoms. The molecule has 14 heavy (non-hydrogen) atoms. The summed E-state index contributed by atoms with van der Waals surface area (Å²) in [5.41, 5.74) is 0. The van der Waals surface area contributed by atoms with E-state index >= 15 is 0 Å². The van der Waals surface area contributed by atoms with Gasteiger partial charge in [0.15, 0.2) is 0 Å². The van der Waals surface area contributed by atoms with Gasteiger partial charge in [0.1, 0.15) is 0 Å². The lowest BCUT2D eigenvalue weighted by Crippen LogP contribution is -2.00. The fraction of sp³-hybridized carbons (Fsp3) is 0.900. The first-order valence-electron chi connectivity index (χ1n) is 5.52. The van der Waals surface area contributed by atoms with Crippen LogP contribution in [0.3, 0.4) is 0 Å². The summed E-state index contributed by atoms with van der Waals surface area (Å²) in [5, 5.41) is 0. The van der Waals surface area contributed by atoms with Gasteiger partial charge in [-0.2, -0.15) is 0 Å². The minimum Gasteiger partial charge on any atom is -0.267 e. The lowest BCUT2D eigenvalue weighted by Gasteiger charge is -1.98. The molecule has 4 heteroatoms. The molecule has 82 valence electrons. The van der Waals surface area contributed by atoms with Crippen LogP contribution in [0, 0.1) is 0 Å². The Kier molecular flexibility index (Phi) is 5.19. The van der Waals surface area contributed by atoms with Crippen molar-refractivity contribution in [2.45, 2.75) is 58.3 Å². The van der Waals surface area contributed by atoms with Crippen molar-refractivity contribution >= 4 is 5.91 Å². The number of carbonyl (C=O) groups is 1. The first-order valence-corrected chi connectivity index (χ1v) is 5.52. The molecule has 0 bridgehead atoms. The monoisotopic (exact) mass is 201 g/mol. The highest BCUT2D eigenvalue weighted by atomic mass is 17.3. The summed E-state index contributed by atoms with van der Waals surface area (Å²) in [6.45, 7) is 2.21. The Labute approximate surface area is 84.1 Å². The SMILES string of the molecule is CCCCCCCCCC(=O)n1oo1. The van der Waals surface area contributed by atoms with E-state index in [1.807, 2.05) is 0 Å². The molecule has 0 saturated carbocycles. The van der Waals surface area contributed by atoms with E-state index in [0.29, 0.717) is 6.42 Å².